The highest BCUT2D eigenvalue weighted by molar-refractivity contribution is 7.92. The predicted octanol–water partition coefficient (Wildman–Crippen LogP) is 3.60. The molecule has 0 unspecified atom stereocenters. The Morgan fingerprint density at radius 2 is 1.61 bits per heavy atom. The van der Waals surface area contributed by atoms with Crippen LogP contribution in [-0.4, -0.2) is 23.9 Å². The van der Waals surface area contributed by atoms with E-state index in [2.05, 4.69) is 15.0 Å². The summed E-state index contributed by atoms with van der Waals surface area (Å²) in [4.78, 5) is 16.7. The molecular weight excluding hydrogens is 412 g/mol. The van der Waals surface area contributed by atoms with Crippen molar-refractivity contribution in [2.24, 2.45) is 0 Å². The summed E-state index contributed by atoms with van der Waals surface area (Å²) < 4.78 is 29.4. The minimum Gasteiger partial charge on any atom is -0.348 e. The Morgan fingerprint density at radius 1 is 0.903 bits per heavy atom. The molecule has 0 saturated heterocycles. The third-order valence-corrected chi connectivity index (χ3v) is 6.06. The van der Waals surface area contributed by atoms with Gasteiger partial charge in [0.25, 0.3) is 15.9 Å². The molecule has 156 valence electrons. The van der Waals surface area contributed by atoms with Crippen LogP contribution in [0.3, 0.4) is 0 Å². The minimum atomic E-state index is -3.73. The molecule has 0 saturated carbocycles. The van der Waals surface area contributed by atoms with Crippen molar-refractivity contribution < 1.29 is 13.2 Å². The highest BCUT2D eigenvalue weighted by Gasteiger charge is 2.15. The first-order valence-electron chi connectivity index (χ1n) is 9.55. The van der Waals surface area contributed by atoms with Gasteiger partial charge in [-0.15, -0.1) is 0 Å². The quantitative estimate of drug-likeness (QED) is 0.467. The second-order valence-electron chi connectivity index (χ2n) is 6.78. The number of aromatic nitrogens is 2. The van der Waals surface area contributed by atoms with Crippen LogP contribution in [-0.2, 0) is 16.6 Å². The topological polar surface area (TPSA) is 93.1 Å². The summed E-state index contributed by atoms with van der Waals surface area (Å²) in [5.74, 6) is -0.291. The van der Waals surface area contributed by atoms with Crippen LogP contribution in [0.2, 0.25) is 0 Å². The van der Waals surface area contributed by atoms with Crippen LogP contribution in [0.4, 0.5) is 5.69 Å². The zero-order valence-electron chi connectivity index (χ0n) is 16.5. The SMILES string of the molecule is O=C(NCc1ccccc1-n1ccnc1)c1ccc(S(=O)(=O)Nc2ccccc2)cc1. The molecule has 0 aliphatic carbocycles. The lowest BCUT2D eigenvalue weighted by Gasteiger charge is -2.12. The smallest absolute Gasteiger partial charge is 0.261 e. The Labute approximate surface area is 180 Å². The molecule has 2 N–H and O–H groups in total. The maximum absolute atomic E-state index is 12.6. The normalized spacial score (nSPS) is 11.1. The number of carbonyl (C=O) groups is 1. The molecular formula is C23H20N4O3S. The first kappa shape index (κ1) is 20.4. The number of hydrogen-bond donors (Lipinski definition) is 2. The molecule has 0 radical (unpaired) electrons. The molecule has 0 aliphatic rings. The standard InChI is InChI=1S/C23H20N4O3S/c28-23(25-16-19-6-4-5-9-22(19)27-15-14-24-17-27)18-10-12-21(13-11-18)31(29,30)26-20-7-2-1-3-8-20/h1-15,17,26H,16H2,(H,25,28). The summed E-state index contributed by atoms with van der Waals surface area (Å²) in [6.07, 6.45) is 5.23. The highest BCUT2D eigenvalue weighted by Crippen LogP contribution is 2.17. The van der Waals surface area contributed by atoms with E-state index in [0.717, 1.165) is 11.3 Å². The molecule has 1 amide bonds. The Bertz CT molecular complexity index is 1270. The largest absolute Gasteiger partial charge is 0.348 e. The number of imidazole rings is 1. The van der Waals surface area contributed by atoms with Gasteiger partial charge in [0.1, 0.15) is 0 Å². The zero-order chi connectivity index (χ0) is 21.7. The molecule has 0 atom stereocenters. The van der Waals surface area contributed by atoms with Crippen LogP contribution in [0.15, 0.2) is 102 Å². The minimum absolute atomic E-state index is 0.0818. The van der Waals surface area contributed by atoms with Crippen molar-refractivity contribution >= 4 is 21.6 Å². The average molecular weight is 433 g/mol. The summed E-state index contributed by atoms with van der Waals surface area (Å²) in [5.41, 5.74) is 2.70. The first-order valence-corrected chi connectivity index (χ1v) is 11.0. The molecule has 1 aromatic heterocycles. The molecule has 1 heterocycles. The van der Waals surface area contributed by atoms with Gasteiger partial charge in [-0.25, -0.2) is 13.4 Å². The summed E-state index contributed by atoms with van der Waals surface area (Å²) in [6, 6.07) is 22.2. The van der Waals surface area contributed by atoms with E-state index in [4.69, 9.17) is 0 Å². The van der Waals surface area contributed by atoms with Crippen LogP contribution >= 0.6 is 0 Å². The van der Waals surface area contributed by atoms with E-state index in [-0.39, 0.29) is 10.8 Å². The second-order valence-corrected chi connectivity index (χ2v) is 8.46. The van der Waals surface area contributed by atoms with Crippen LogP contribution in [0.25, 0.3) is 5.69 Å². The van der Waals surface area contributed by atoms with Gasteiger partial charge in [-0.1, -0.05) is 36.4 Å². The van der Waals surface area contributed by atoms with Gasteiger partial charge >= 0.3 is 0 Å². The Morgan fingerprint density at radius 3 is 2.32 bits per heavy atom. The van der Waals surface area contributed by atoms with Crippen molar-refractivity contribution in [3.63, 3.8) is 0 Å². The molecule has 0 spiro atoms. The number of sulfonamides is 1. The Kier molecular flexibility index (Phi) is 5.81. The van der Waals surface area contributed by atoms with Crippen molar-refractivity contribution in [2.75, 3.05) is 4.72 Å². The van der Waals surface area contributed by atoms with Crippen molar-refractivity contribution in [3.05, 3.63) is 109 Å². The van der Waals surface area contributed by atoms with Crippen molar-refractivity contribution in [3.8, 4) is 5.69 Å². The van der Waals surface area contributed by atoms with Gasteiger partial charge in [0, 0.05) is 30.2 Å². The summed E-state index contributed by atoms with van der Waals surface area (Å²) >= 11 is 0. The third kappa shape index (κ3) is 4.81. The molecule has 31 heavy (non-hydrogen) atoms. The Balaban J connectivity index is 1.44. The molecule has 7 nitrogen and oxygen atoms in total. The maximum Gasteiger partial charge on any atom is 0.261 e. The molecule has 0 aliphatic heterocycles. The summed E-state index contributed by atoms with van der Waals surface area (Å²) in [5, 5.41) is 2.88. The fraction of sp³-hybridized carbons (Fsp3) is 0.0435. The van der Waals surface area contributed by atoms with Crippen LogP contribution in [0.5, 0.6) is 0 Å². The summed E-state index contributed by atoms with van der Waals surface area (Å²) in [7, 11) is -3.73. The van der Waals surface area contributed by atoms with E-state index in [1.165, 1.54) is 24.3 Å². The van der Waals surface area contributed by atoms with Gasteiger partial charge in [-0.2, -0.15) is 0 Å². The number of benzene rings is 3. The van der Waals surface area contributed by atoms with E-state index in [1.807, 2.05) is 35.0 Å². The van der Waals surface area contributed by atoms with Gasteiger partial charge < -0.3 is 9.88 Å². The Hall–Kier alpha value is -3.91. The number of anilines is 1. The van der Waals surface area contributed by atoms with Crippen molar-refractivity contribution in [1.82, 2.24) is 14.9 Å². The second kappa shape index (κ2) is 8.85. The number of nitrogens with one attached hydrogen (secondary N) is 2. The van der Waals surface area contributed by atoms with Crippen molar-refractivity contribution in [2.45, 2.75) is 11.4 Å². The van der Waals surface area contributed by atoms with E-state index in [1.54, 1.807) is 42.9 Å². The molecule has 4 rings (SSSR count). The lowest BCUT2D eigenvalue weighted by molar-refractivity contribution is 0.0951. The van der Waals surface area contributed by atoms with Gasteiger partial charge in [-0.05, 0) is 48.0 Å². The molecule has 3 aromatic carbocycles. The van der Waals surface area contributed by atoms with Crippen LogP contribution in [0.1, 0.15) is 15.9 Å². The summed E-state index contributed by atoms with van der Waals surface area (Å²) in [6.45, 7) is 0.322. The molecule has 0 bridgehead atoms. The molecule has 4 aromatic rings. The van der Waals surface area contributed by atoms with Gasteiger partial charge in [0.05, 0.1) is 16.9 Å². The number of para-hydroxylation sites is 2. The fourth-order valence-electron chi connectivity index (χ4n) is 3.10. The lowest BCUT2D eigenvalue weighted by Crippen LogP contribution is -2.23. The number of rotatable bonds is 7. The maximum atomic E-state index is 12.6. The first-order chi connectivity index (χ1) is 15.0. The van der Waals surface area contributed by atoms with Crippen molar-refractivity contribution in [1.29, 1.82) is 0 Å². The molecule has 0 fully saturated rings. The van der Waals surface area contributed by atoms with Gasteiger partial charge in [-0.3, -0.25) is 9.52 Å². The zero-order valence-corrected chi connectivity index (χ0v) is 17.3. The van der Waals surface area contributed by atoms with Gasteiger partial charge in [0.2, 0.25) is 0 Å². The highest BCUT2D eigenvalue weighted by atomic mass is 32.2. The molecule has 8 heteroatoms. The van der Waals surface area contributed by atoms with E-state index < -0.39 is 10.0 Å². The number of amides is 1. The van der Waals surface area contributed by atoms with E-state index >= 15 is 0 Å². The third-order valence-electron chi connectivity index (χ3n) is 4.67. The number of nitrogens with zero attached hydrogens (tertiary/aromatic N) is 2. The predicted molar refractivity (Wildman–Crippen MR) is 118 cm³/mol. The van der Waals surface area contributed by atoms with Crippen LogP contribution < -0.4 is 10.0 Å². The van der Waals surface area contributed by atoms with E-state index in [0.29, 0.717) is 17.8 Å². The van der Waals surface area contributed by atoms with Gasteiger partial charge in [0.15, 0.2) is 0 Å². The fourth-order valence-corrected chi connectivity index (χ4v) is 4.16. The number of hydrogen-bond acceptors (Lipinski definition) is 4. The lowest BCUT2D eigenvalue weighted by atomic mass is 10.1. The van der Waals surface area contributed by atoms with Crippen LogP contribution in [0, 0.1) is 0 Å². The monoisotopic (exact) mass is 432 g/mol. The average Bonchev–Trinajstić information content (AvgIpc) is 3.33. The van der Waals surface area contributed by atoms with E-state index in [9.17, 15) is 13.2 Å². The number of carbonyl (C=O) groups excluding carboxylic acids is 1.